The summed E-state index contributed by atoms with van der Waals surface area (Å²) in [6.07, 6.45) is -1.17. The van der Waals surface area contributed by atoms with Crippen LogP contribution in [0.1, 0.15) is 48.6 Å². The summed E-state index contributed by atoms with van der Waals surface area (Å²) in [4.78, 5) is 0. The van der Waals surface area contributed by atoms with Gasteiger partial charge >= 0.3 is 0 Å². The third-order valence-corrected chi connectivity index (χ3v) is 2.96. The van der Waals surface area contributed by atoms with Gasteiger partial charge in [-0.05, 0) is 42.9 Å². The van der Waals surface area contributed by atoms with Crippen LogP contribution in [-0.4, -0.2) is 43.5 Å². The molecule has 0 radical (unpaired) electrons. The van der Waals surface area contributed by atoms with Gasteiger partial charge in [0, 0.05) is 28.7 Å². The van der Waals surface area contributed by atoms with E-state index in [-0.39, 0.29) is 18.3 Å². The zero-order valence-corrected chi connectivity index (χ0v) is 12.2. The molecule has 124 valence electrons. The predicted molar refractivity (Wildman–Crippen MR) is 88.3 cm³/mol. The Balaban J connectivity index is 1.99. The van der Waals surface area contributed by atoms with Gasteiger partial charge in [-0.15, -0.1) is 0 Å². The van der Waals surface area contributed by atoms with Crippen molar-refractivity contribution in [3.8, 4) is 5.75 Å². The van der Waals surface area contributed by atoms with E-state index in [2.05, 4.69) is 0 Å². The molecule has 1 aliphatic rings. The monoisotopic (exact) mass is 319 g/mol. The van der Waals surface area contributed by atoms with Crippen molar-refractivity contribution in [1.82, 2.24) is 5.32 Å². The first-order chi connectivity index (χ1) is 15.2. The molecule has 0 aliphatic heterocycles. The first kappa shape index (κ1) is 7.20. The third kappa shape index (κ3) is 7.25. The highest BCUT2D eigenvalue weighted by Crippen LogP contribution is 2.28. The van der Waals surface area contributed by atoms with Gasteiger partial charge in [0.2, 0.25) is 0 Å². The molecule has 2 rings (SSSR count). The van der Waals surface area contributed by atoms with Gasteiger partial charge in [-0.2, -0.15) is 0 Å². The second kappa shape index (κ2) is 9.13. The van der Waals surface area contributed by atoms with Crippen molar-refractivity contribution >= 4 is 0 Å². The highest BCUT2D eigenvalue weighted by molar-refractivity contribution is 5.27. The maximum atomic E-state index is 10.3. The Labute approximate surface area is 150 Å². The standard InChI is InChI=1S/C18H29NO3/c1-14(2)19-11-17(20)13-22-18-7-5-15(6-8-18)9-10-21-12-16-3-4-16/h5-8,14,16-17,19-20H,3-4,9-13H2,1-2H3/i1D3,2D3,12D2,13D2,14D,17D. The molecule has 0 bridgehead atoms. The Kier molecular flexibility index (Phi) is 2.99. The number of nitrogens with one attached hydrogen (secondary N) is 1. The summed E-state index contributed by atoms with van der Waals surface area (Å²) in [5, 5.41) is 12.1. The SMILES string of the molecule is [2H]C([2H])(OCCc1ccc(OC([2H])([2H])C([2H])(O)CNC([2H])(C([2H])([2H])[2H])C([2H])([2H])[2H])cc1)C1CC1. The largest absolute Gasteiger partial charge is 0.491 e. The molecular formula is C18H29NO3. The molecule has 22 heavy (non-hydrogen) atoms. The second-order valence-electron chi connectivity index (χ2n) is 5.01. The molecule has 4 nitrogen and oxygen atoms in total. The van der Waals surface area contributed by atoms with Crippen LogP contribution in [0.3, 0.4) is 0 Å². The van der Waals surface area contributed by atoms with E-state index < -0.39 is 45.5 Å². The molecule has 0 saturated heterocycles. The Morgan fingerprint density at radius 2 is 2.18 bits per heavy atom. The summed E-state index contributed by atoms with van der Waals surface area (Å²) in [7, 11) is 0. The maximum Gasteiger partial charge on any atom is 0.119 e. The van der Waals surface area contributed by atoms with Gasteiger partial charge in [-0.1, -0.05) is 25.8 Å². The average molecular weight is 320 g/mol. The van der Waals surface area contributed by atoms with E-state index in [1.165, 1.54) is 12.1 Å². The fourth-order valence-corrected chi connectivity index (χ4v) is 1.60. The second-order valence-corrected chi connectivity index (χ2v) is 5.01. The van der Waals surface area contributed by atoms with Gasteiger partial charge in [-0.3, -0.25) is 0 Å². The third-order valence-electron chi connectivity index (χ3n) is 2.96. The van der Waals surface area contributed by atoms with Crippen LogP contribution in [0.5, 0.6) is 5.75 Å². The van der Waals surface area contributed by atoms with Gasteiger partial charge in [0.1, 0.15) is 18.4 Å². The molecule has 1 aromatic carbocycles. The zero-order valence-electron chi connectivity index (χ0n) is 24.2. The van der Waals surface area contributed by atoms with Crippen molar-refractivity contribution in [2.24, 2.45) is 5.92 Å². The first-order valence-electron chi connectivity index (χ1n) is 13.1. The highest BCUT2D eigenvalue weighted by Gasteiger charge is 2.20. The van der Waals surface area contributed by atoms with Crippen LogP contribution in [0.2, 0.25) is 0 Å². The van der Waals surface area contributed by atoms with E-state index in [0.717, 1.165) is 18.4 Å². The lowest BCUT2D eigenvalue weighted by atomic mass is 10.1. The predicted octanol–water partition coefficient (Wildman–Crippen LogP) is 2.39. The summed E-state index contributed by atoms with van der Waals surface area (Å²) in [6.45, 7) is -12.6. The molecule has 4 heteroatoms. The van der Waals surface area contributed by atoms with Crippen molar-refractivity contribution in [3.05, 3.63) is 29.8 Å². The van der Waals surface area contributed by atoms with E-state index >= 15 is 0 Å². The van der Waals surface area contributed by atoms with E-state index in [1.807, 2.05) is 0 Å². The summed E-state index contributed by atoms with van der Waals surface area (Å²) in [6, 6.07) is 2.63. The van der Waals surface area contributed by atoms with Crippen molar-refractivity contribution in [3.63, 3.8) is 0 Å². The summed E-state index contributed by atoms with van der Waals surface area (Å²) in [5.41, 5.74) is 0.747. The molecule has 1 unspecified atom stereocenters. The molecule has 2 N–H and O–H groups in total. The van der Waals surface area contributed by atoms with Crippen molar-refractivity contribution < 1.29 is 31.0 Å². The van der Waals surface area contributed by atoms with Crippen molar-refractivity contribution in [1.29, 1.82) is 0 Å². The molecule has 1 aliphatic carbocycles. The van der Waals surface area contributed by atoms with Crippen LogP contribution >= 0.6 is 0 Å². The van der Waals surface area contributed by atoms with Crippen LogP contribution in [0, 0.1) is 5.92 Å². The normalized spacial score (nSPS) is 28.4. The average Bonchev–Trinajstić information content (AvgIpc) is 3.51. The molecule has 1 fully saturated rings. The minimum atomic E-state index is -3.36. The molecule has 0 aromatic heterocycles. The summed E-state index contributed by atoms with van der Waals surface area (Å²) >= 11 is 0. The first-order valence-corrected chi connectivity index (χ1v) is 7.11. The smallest absolute Gasteiger partial charge is 0.119 e. The molecule has 0 amide bonds. The Morgan fingerprint density at radius 3 is 2.86 bits per heavy atom. The fourth-order valence-electron chi connectivity index (χ4n) is 1.60. The molecule has 1 aromatic rings. The van der Waals surface area contributed by atoms with Crippen LogP contribution < -0.4 is 10.1 Å². The van der Waals surface area contributed by atoms with E-state index in [1.54, 1.807) is 17.4 Å². The van der Waals surface area contributed by atoms with Gasteiger partial charge in [0.25, 0.3) is 0 Å². The van der Waals surface area contributed by atoms with Crippen LogP contribution in [0.25, 0.3) is 0 Å². The number of benzene rings is 1. The quantitative estimate of drug-likeness (QED) is 0.657. The Hall–Kier alpha value is -1.10. The van der Waals surface area contributed by atoms with Crippen molar-refractivity contribution in [2.45, 2.75) is 45.1 Å². The molecule has 1 saturated carbocycles. The van der Waals surface area contributed by atoms with E-state index in [0.29, 0.717) is 6.42 Å². The minimum absolute atomic E-state index is 0.0718. The molecule has 0 spiro atoms. The lowest BCUT2D eigenvalue weighted by Gasteiger charge is -2.15. The van der Waals surface area contributed by atoms with Gasteiger partial charge in [-0.25, -0.2) is 0 Å². The minimum Gasteiger partial charge on any atom is -0.491 e. The van der Waals surface area contributed by atoms with Crippen LogP contribution in [0.4, 0.5) is 0 Å². The topological polar surface area (TPSA) is 50.7 Å². The van der Waals surface area contributed by atoms with Gasteiger partial charge in [0.05, 0.1) is 13.5 Å². The number of aliphatic hydroxyl groups is 1. The van der Waals surface area contributed by atoms with E-state index in [4.69, 9.17) is 25.9 Å². The fraction of sp³-hybridized carbons (Fsp3) is 0.667. The number of ether oxygens (including phenoxy) is 2. The number of rotatable bonds is 11. The van der Waals surface area contributed by atoms with Crippen LogP contribution in [-0.2, 0) is 11.2 Å². The Morgan fingerprint density at radius 1 is 1.41 bits per heavy atom. The molecule has 0 heterocycles. The van der Waals surface area contributed by atoms with Gasteiger partial charge < -0.3 is 19.9 Å². The zero-order chi connectivity index (χ0) is 26.2. The highest BCUT2D eigenvalue weighted by atomic mass is 16.5. The lowest BCUT2D eigenvalue weighted by molar-refractivity contribution is 0.104. The van der Waals surface area contributed by atoms with Crippen LogP contribution in [0.15, 0.2) is 24.3 Å². The number of hydrogen-bond acceptors (Lipinski definition) is 4. The van der Waals surface area contributed by atoms with E-state index in [9.17, 15) is 5.11 Å². The molecular weight excluding hydrogens is 278 g/mol. The summed E-state index contributed by atoms with van der Waals surface area (Å²) in [5.74, 6) is -0.152. The maximum absolute atomic E-state index is 10.3. The summed E-state index contributed by atoms with van der Waals surface area (Å²) < 4.78 is 102. The Bertz CT molecular complexity index is 805. The lowest BCUT2D eigenvalue weighted by Crippen LogP contribution is -2.35. The van der Waals surface area contributed by atoms with Gasteiger partial charge in [0.15, 0.2) is 0 Å². The number of hydrogen-bond donors (Lipinski definition) is 2. The van der Waals surface area contributed by atoms with Crippen molar-refractivity contribution in [2.75, 3.05) is 26.3 Å². The molecule has 1 atom stereocenters.